The molecule has 0 saturated heterocycles. The van der Waals surface area contributed by atoms with E-state index in [0.717, 1.165) is 6.07 Å². The number of benzene rings is 1. The third-order valence-corrected chi connectivity index (χ3v) is 6.07. The molecule has 1 fully saturated rings. The maximum Gasteiger partial charge on any atom is 0.341 e. The van der Waals surface area contributed by atoms with Crippen molar-refractivity contribution in [3.63, 3.8) is 0 Å². The van der Waals surface area contributed by atoms with Gasteiger partial charge in [-0.3, -0.25) is 0 Å². The minimum atomic E-state index is -0.661. The first-order valence-electron chi connectivity index (χ1n) is 9.43. The van der Waals surface area contributed by atoms with Crippen molar-refractivity contribution in [2.24, 2.45) is 0 Å². The van der Waals surface area contributed by atoms with Crippen LogP contribution in [0.4, 0.5) is 0 Å². The van der Waals surface area contributed by atoms with E-state index in [1.54, 1.807) is 0 Å². The van der Waals surface area contributed by atoms with Crippen LogP contribution in [0.2, 0.25) is 5.02 Å². The topological polar surface area (TPSA) is 73.2 Å². The number of carbonyl (C=O) groups excluding carboxylic acids is 1. The first kappa shape index (κ1) is 19.7. The number of halogens is 1. The number of phenolic OH excluding ortho intramolecular Hbond substituents is 2. The van der Waals surface area contributed by atoms with E-state index in [2.05, 4.69) is 22.2 Å². The second-order valence-corrected chi connectivity index (χ2v) is 7.67. The Morgan fingerprint density at radius 2 is 1.93 bits per heavy atom. The highest BCUT2D eigenvalue weighted by atomic mass is 35.5. The molecule has 0 spiro atoms. The van der Waals surface area contributed by atoms with Crippen LogP contribution in [0.5, 0.6) is 11.5 Å². The highest BCUT2D eigenvalue weighted by Gasteiger charge is 2.31. The van der Waals surface area contributed by atoms with Crippen molar-refractivity contribution >= 4 is 17.6 Å². The van der Waals surface area contributed by atoms with Crippen LogP contribution in [-0.4, -0.2) is 52.3 Å². The molecule has 3 rings (SSSR count). The lowest BCUT2D eigenvalue weighted by Gasteiger charge is -2.38. The van der Waals surface area contributed by atoms with Gasteiger partial charge in [0.15, 0.2) is 0 Å². The van der Waals surface area contributed by atoms with E-state index in [1.807, 2.05) is 7.05 Å². The Labute approximate surface area is 165 Å². The molecule has 1 aliphatic heterocycles. The Morgan fingerprint density at radius 1 is 1.22 bits per heavy atom. The van der Waals surface area contributed by atoms with Gasteiger partial charge in [-0.05, 0) is 31.2 Å². The van der Waals surface area contributed by atoms with E-state index in [-0.39, 0.29) is 28.3 Å². The minimum absolute atomic E-state index is 0.0260. The molecule has 1 saturated carbocycles. The van der Waals surface area contributed by atoms with Crippen LogP contribution < -0.4 is 0 Å². The molecule has 1 aliphatic carbocycles. The van der Waals surface area contributed by atoms with Gasteiger partial charge in [0.1, 0.15) is 23.2 Å². The van der Waals surface area contributed by atoms with Crippen molar-refractivity contribution in [3.8, 4) is 11.5 Å². The Bertz CT molecular complexity index is 731. The minimum Gasteiger partial charge on any atom is -0.507 e. The maximum atomic E-state index is 12.1. The van der Waals surface area contributed by atoms with Gasteiger partial charge in [-0.15, -0.1) is 0 Å². The number of aromatic hydroxyl groups is 2. The van der Waals surface area contributed by atoms with Gasteiger partial charge in [-0.25, -0.2) is 4.79 Å². The summed E-state index contributed by atoms with van der Waals surface area (Å²) in [6.07, 6.45) is 11.7. The van der Waals surface area contributed by atoms with Crippen LogP contribution in [0.25, 0.3) is 0 Å². The predicted molar refractivity (Wildman–Crippen MR) is 104 cm³/mol. The summed E-state index contributed by atoms with van der Waals surface area (Å²) in [5.74, 6) is -1.22. The summed E-state index contributed by atoms with van der Waals surface area (Å²) in [4.78, 5) is 16.7. The number of rotatable bonds is 5. The van der Waals surface area contributed by atoms with Gasteiger partial charge < -0.3 is 24.7 Å². The number of nitrogens with zero attached hydrogens (tertiary/aromatic N) is 2. The summed E-state index contributed by atoms with van der Waals surface area (Å²) in [6.45, 7) is 0. The summed E-state index contributed by atoms with van der Waals surface area (Å²) in [7, 11) is 3.29. The fourth-order valence-electron chi connectivity index (χ4n) is 4.21. The number of ether oxygens (including phenoxy) is 1. The fraction of sp³-hybridized carbons (Fsp3) is 0.550. The molecule has 27 heavy (non-hydrogen) atoms. The Kier molecular flexibility index (Phi) is 6.05. The summed E-state index contributed by atoms with van der Waals surface area (Å²) in [5, 5.41) is 20.2. The lowest BCUT2D eigenvalue weighted by atomic mass is 9.93. The average Bonchev–Trinajstić information content (AvgIpc) is 3.04. The molecule has 1 aromatic rings. The Morgan fingerprint density at radius 3 is 2.59 bits per heavy atom. The largest absolute Gasteiger partial charge is 0.507 e. The quantitative estimate of drug-likeness (QED) is 0.739. The third kappa shape index (κ3) is 3.95. The molecule has 1 unspecified atom stereocenters. The van der Waals surface area contributed by atoms with Crippen LogP contribution in [0.3, 0.4) is 0 Å². The molecule has 2 N–H and O–H groups in total. The van der Waals surface area contributed by atoms with Gasteiger partial charge in [0.25, 0.3) is 0 Å². The van der Waals surface area contributed by atoms with Gasteiger partial charge >= 0.3 is 5.97 Å². The smallest absolute Gasteiger partial charge is 0.341 e. The normalized spacial score (nSPS) is 20.3. The lowest BCUT2D eigenvalue weighted by molar-refractivity contribution is 0.0595. The van der Waals surface area contributed by atoms with Gasteiger partial charge in [0.05, 0.1) is 12.1 Å². The zero-order valence-electron chi connectivity index (χ0n) is 15.8. The second-order valence-electron chi connectivity index (χ2n) is 7.30. The van der Waals surface area contributed by atoms with E-state index in [0.29, 0.717) is 24.4 Å². The highest BCUT2D eigenvalue weighted by Crippen LogP contribution is 2.38. The molecule has 1 aromatic carbocycles. The van der Waals surface area contributed by atoms with Gasteiger partial charge in [-0.1, -0.05) is 30.9 Å². The monoisotopic (exact) mass is 394 g/mol. The zero-order chi connectivity index (χ0) is 19.6. The molecule has 1 atom stereocenters. The van der Waals surface area contributed by atoms with Crippen molar-refractivity contribution in [1.82, 2.24) is 9.80 Å². The van der Waals surface area contributed by atoms with Gasteiger partial charge in [0.2, 0.25) is 0 Å². The molecule has 148 valence electrons. The first-order valence-corrected chi connectivity index (χ1v) is 9.81. The van der Waals surface area contributed by atoms with Crippen LogP contribution in [0.1, 0.15) is 54.4 Å². The van der Waals surface area contributed by atoms with Crippen LogP contribution >= 0.6 is 11.6 Å². The van der Waals surface area contributed by atoms with Crippen molar-refractivity contribution < 1.29 is 19.7 Å². The van der Waals surface area contributed by atoms with Crippen molar-refractivity contribution in [2.75, 3.05) is 14.2 Å². The first-order chi connectivity index (χ1) is 12.9. The van der Waals surface area contributed by atoms with Gasteiger partial charge in [0, 0.05) is 31.6 Å². The predicted octanol–water partition coefficient (Wildman–Crippen LogP) is 3.85. The van der Waals surface area contributed by atoms with E-state index < -0.39 is 5.97 Å². The number of carbonyl (C=O) groups is 1. The molecule has 1 heterocycles. The van der Waals surface area contributed by atoms with E-state index in [9.17, 15) is 15.0 Å². The Hall–Kier alpha value is -2.08. The van der Waals surface area contributed by atoms with E-state index >= 15 is 0 Å². The van der Waals surface area contributed by atoms with Gasteiger partial charge in [-0.2, -0.15) is 0 Å². The van der Waals surface area contributed by atoms with Crippen LogP contribution in [0.15, 0.2) is 18.5 Å². The molecular formula is C20H27ClN2O4. The number of methoxy groups -OCH3 is 1. The summed E-state index contributed by atoms with van der Waals surface area (Å²) >= 11 is 6.27. The standard InChI is InChI=1S/C20H27ClN2O4/c1-22-10-11-23(13-6-4-3-5-7-13)17(22)9-8-14-18(20(26)27-2)15(24)12-16(25)19(14)21/h10-13,17,24-25H,3-9H2,1-2H3. The summed E-state index contributed by atoms with van der Waals surface area (Å²) < 4.78 is 4.79. The molecule has 0 amide bonds. The number of phenols is 2. The van der Waals surface area contributed by atoms with Crippen molar-refractivity contribution in [3.05, 3.63) is 34.6 Å². The molecule has 0 radical (unpaired) electrons. The zero-order valence-corrected chi connectivity index (χ0v) is 16.6. The Balaban J connectivity index is 1.82. The van der Waals surface area contributed by atoms with E-state index in [4.69, 9.17) is 16.3 Å². The van der Waals surface area contributed by atoms with Crippen molar-refractivity contribution in [1.29, 1.82) is 0 Å². The fourth-order valence-corrected chi connectivity index (χ4v) is 4.45. The lowest BCUT2D eigenvalue weighted by Crippen LogP contribution is -2.43. The summed E-state index contributed by atoms with van der Waals surface area (Å²) in [5.41, 5.74) is 0.447. The number of hydrogen-bond acceptors (Lipinski definition) is 6. The molecular weight excluding hydrogens is 368 g/mol. The molecule has 6 nitrogen and oxygen atoms in total. The molecule has 7 heteroatoms. The van der Waals surface area contributed by atoms with Crippen LogP contribution in [0, 0.1) is 0 Å². The second kappa shape index (κ2) is 8.30. The SMILES string of the molecule is COC(=O)c1c(O)cc(O)c(Cl)c1CCC1N(C)C=CN1C1CCCCC1. The molecule has 2 aliphatic rings. The molecule has 0 aromatic heterocycles. The third-order valence-electron chi connectivity index (χ3n) is 5.65. The average molecular weight is 395 g/mol. The van der Waals surface area contributed by atoms with Crippen molar-refractivity contribution in [2.45, 2.75) is 57.2 Å². The number of esters is 1. The summed E-state index contributed by atoms with van der Waals surface area (Å²) in [6, 6.07) is 1.61. The maximum absolute atomic E-state index is 12.1. The number of hydrogen-bond donors (Lipinski definition) is 2. The molecule has 0 bridgehead atoms. The van der Waals surface area contributed by atoms with Crippen LogP contribution in [-0.2, 0) is 11.2 Å². The highest BCUT2D eigenvalue weighted by molar-refractivity contribution is 6.33. The van der Waals surface area contributed by atoms with E-state index in [1.165, 1.54) is 39.2 Å².